The van der Waals surface area contributed by atoms with E-state index in [0.717, 1.165) is 19.3 Å². The van der Waals surface area contributed by atoms with E-state index < -0.39 is 0 Å². The van der Waals surface area contributed by atoms with Crippen LogP contribution in [0.1, 0.15) is 52.9 Å². The van der Waals surface area contributed by atoms with Crippen LogP contribution in [-0.4, -0.2) is 91.4 Å². The second-order valence-corrected chi connectivity index (χ2v) is 7.01. The van der Waals surface area contributed by atoms with Crippen LogP contribution >= 0.6 is 0 Å². The highest BCUT2D eigenvalue weighted by Gasteiger charge is 2.02. The molecule has 8 nitrogen and oxygen atoms in total. The third kappa shape index (κ3) is 25.3. The molecular formula is C22H44O8. The van der Waals surface area contributed by atoms with Crippen LogP contribution in [0.4, 0.5) is 0 Å². The van der Waals surface area contributed by atoms with Crippen LogP contribution in [0.25, 0.3) is 0 Å². The molecule has 0 aromatic rings. The maximum absolute atomic E-state index is 11.5. The first-order chi connectivity index (χ1) is 14.7. The van der Waals surface area contributed by atoms with E-state index in [4.69, 9.17) is 33.2 Å². The van der Waals surface area contributed by atoms with Crippen molar-refractivity contribution in [1.82, 2.24) is 0 Å². The minimum atomic E-state index is -0.143. The first-order valence-electron chi connectivity index (χ1n) is 11.3. The molecule has 0 saturated carbocycles. The summed E-state index contributed by atoms with van der Waals surface area (Å²) in [7, 11) is 0. The molecule has 0 saturated heterocycles. The van der Waals surface area contributed by atoms with Gasteiger partial charge in [0.05, 0.1) is 78.8 Å². The van der Waals surface area contributed by atoms with Crippen LogP contribution in [-0.2, 0) is 38.0 Å². The number of carbonyl (C=O) groups is 1. The Morgan fingerprint density at radius 2 is 1.03 bits per heavy atom. The Bertz CT molecular complexity index is 352. The lowest BCUT2D eigenvalue weighted by molar-refractivity contribution is -0.145. The minimum absolute atomic E-state index is 0.143. The van der Waals surface area contributed by atoms with Crippen molar-refractivity contribution in [2.75, 3.05) is 79.3 Å². The van der Waals surface area contributed by atoms with Crippen molar-refractivity contribution in [3.63, 3.8) is 0 Å². The lowest BCUT2D eigenvalue weighted by Gasteiger charge is -2.09. The van der Waals surface area contributed by atoms with Gasteiger partial charge in [-0.2, -0.15) is 0 Å². The standard InChI is InChI=1S/C22H44O8/c1-4-5-6-7-8-22(23)30-20-18-28-16-14-26-12-10-24-9-11-25-13-15-27-17-19-29-21(2)3/h21H,4-20H2,1-3H3. The molecule has 0 aliphatic carbocycles. The van der Waals surface area contributed by atoms with Crippen molar-refractivity contribution < 1.29 is 38.0 Å². The quantitative estimate of drug-likeness (QED) is 0.169. The van der Waals surface area contributed by atoms with E-state index in [1.54, 1.807) is 0 Å². The van der Waals surface area contributed by atoms with E-state index >= 15 is 0 Å². The molecule has 0 aromatic carbocycles. The largest absolute Gasteiger partial charge is 0.463 e. The zero-order valence-corrected chi connectivity index (χ0v) is 19.4. The molecule has 180 valence electrons. The minimum Gasteiger partial charge on any atom is -0.463 e. The molecular weight excluding hydrogens is 392 g/mol. The molecule has 0 radical (unpaired) electrons. The van der Waals surface area contributed by atoms with Crippen molar-refractivity contribution in [2.45, 2.75) is 59.0 Å². The van der Waals surface area contributed by atoms with Crippen molar-refractivity contribution in [3.8, 4) is 0 Å². The van der Waals surface area contributed by atoms with E-state index in [2.05, 4.69) is 6.92 Å². The van der Waals surface area contributed by atoms with Crippen molar-refractivity contribution in [1.29, 1.82) is 0 Å². The van der Waals surface area contributed by atoms with E-state index in [-0.39, 0.29) is 12.1 Å². The molecule has 0 N–H and O–H groups in total. The molecule has 8 heteroatoms. The summed E-state index contributed by atoms with van der Waals surface area (Å²) in [6.45, 7) is 12.2. The summed E-state index contributed by atoms with van der Waals surface area (Å²) in [5.74, 6) is -0.143. The van der Waals surface area contributed by atoms with Gasteiger partial charge in [-0.15, -0.1) is 0 Å². The van der Waals surface area contributed by atoms with Gasteiger partial charge in [-0.05, 0) is 20.3 Å². The van der Waals surface area contributed by atoms with Crippen LogP contribution in [0.5, 0.6) is 0 Å². The number of esters is 1. The first kappa shape index (κ1) is 29.2. The average molecular weight is 437 g/mol. The second-order valence-electron chi connectivity index (χ2n) is 7.01. The van der Waals surface area contributed by atoms with Gasteiger partial charge < -0.3 is 33.2 Å². The number of hydrogen-bond acceptors (Lipinski definition) is 8. The van der Waals surface area contributed by atoms with Crippen LogP contribution < -0.4 is 0 Å². The SMILES string of the molecule is CCCCCCC(=O)OCCOCCOCCOCCOCCOCCOC(C)C. The zero-order valence-electron chi connectivity index (χ0n) is 19.4. The Hall–Kier alpha value is -0.770. The van der Waals surface area contributed by atoms with Crippen LogP contribution in [0.3, 0.4) is 0 Å². The van der Waals surface area contributed by atoms with Gasteiger partial charge in [0.25, 0.3) is 0 Å². The van der Waals surface area contributed by atoms with Gasteiger partial charge in [0, 0.05) is 6.42 Å². The summed E-state index contributed by atoms with van der Waals surface area (Å²) >= 11 is 0. The summed E-state index contributed by atoms with van der Waals surface area (Å²) in [4.78, 5) is 11.5. The predicted molar refractivity (Wildman–Crippen MR) is 115 cm³/mol. The molecule has 0 aromatic heterocycles. The Balaban J connectivity index is 3.09. The number of hydrogen-bond donors (Lipinski definition) is 0. The van der Waals surface area contributed by atoms with E-state index in [1.165, 1.54) is 6.42 Å². The second kappa shape index (κ2) is 24.5. The summed E-state index contributed by atoms with van der Waals surface area (Å²) in [6.07, 6.45) is 5.05. The monoisotopic (exact) mass is 436 g/mol. The summed E-state index contributed by atoms with van der Waals surface area (Å²) in [5, 5.41) is 0. The highest BCUT2D eigenvalue weighted by molar-refractivity contribution is 5.69. The van der Waals surface area contributed by atoms with E-state index in [1.807, 2.05) is 13.8 Å². The van der Waals surface area contributed by atoms with Gasteiger partial charge in [-0.1, -0.05) is 26.2 Å². The molecule has 0 atom stereocenters. The molecule has 30 heavy (non-hydrogen) atoms. The van der Waals surface area contributed by atoms with Gasteiger partial charge in [0.2, 0.25) is 0 Å². The lowest BCUT2D eigenvalue weighted by Crippen LogP contribution is -2.15. The Morgan fingerprint density at radius 3 is 1.47 bits per heavy atom. The molecule has 0 aliphatic heterocycles. The highest BCUT2D eigenvalue weighted by Crippen LogP contribution is 2.03. The fraction of sp³-hybridized carbons (Fsp3) is 0.955. The zero-order chi connectivity index (χ0) is 22.1. The first-order valence-corrected chi connectivity index (χ1v) is 11.3. The molecule has 0 spiro atoms. The predicted octanol–water partition coefficient (Wildman–Crippen LogP) is 3.01. The molecule has 0 bridgehead atoms. The Morgan fingerprint density at radius 1 is 0.600 bits per heavy atom. The summed E-state index contributed by atoms with van der Waals surface area (Å²) in [6, 6.07) is 0. The van der Waals surface area contributed by atoms with Gasteiger partial charge in [-0.25, -0.2) is 0 Å². The maximum atomic E-state index is 11.5. The van der Waals surface area contributed by atoms with Crippen LogP contribution in [0.2, 0.25) is 0 Å². The number of carbonyl (C=O) groups excluding carboxylic acids is 1. The molecule has 0 heterocycles. The van der Waals surface area contributed by atoms with Gasteiger partial charge in [-0.3, -0.25) is 4.79 Å². The molecule has 0 unspecified atom stereocenters. The van der Waals surface area contributed by atoms with Crippen molar-refractivity contribution in [3.05, 3.63) is 0 Å². The number of ether oxygens (including phenoxy) is 7. The topological polar surface area (TPSA) is 81.7 Å². The van der Waals surface area contributed by atoms with Crippen molar-refractivity contribution in [2.24, 2.45) is 0 Å². The molecule has 0 fully saturated rings. The Labute approximate surface area is 182 Å². The maximum Gasteiger partial charge on any atom is 0.305 e. The van der Waals surface area contributed by atoms with Gasteiger partial charge >= 0.3 is 5.97 Å². The van der Waals surface area contributed by atoms with E-state index in [9.17, 15) is 4.79 Å². The third-order valence-corrected chi connectivity index (χ3v) is 3.89. The highest BCUT2D eigenvalue weighted by atomic mass is 16.6. The third-order valence-electron chi connectivity index (χ3n) is 3.89. The van der Waals surface area contributed by atoms with Crippen molar-refractivity contribution >= 4 is 5.97 Å². The molecule has 0 aliphatic rings. The summed E-state index contributed by atoms with van der Waals surface area (Å²) in [5.41, 5.74) is 0. The molecule has 0 amide bonds. The number of rotatable bonds is 24. The van der Waals surface area contributed by atoms with E-state index in [0.29, 0.717) is 85.7 Å². The Kier molecular flexibility index (Phi) is 23.9. The van der Waals surface area contributed by atoms with Gasteiger partial charge in [0.15, 0.2) is 0 Å². The van der Waals surface area contributed by atoms with Crippen LogP contribution in [0, 0.1) is 0 Å². The summed E-state index contributed by atoms with van der Waals surface area (Å²) < 4.78 is 37.4. The smallest absolute Gasteiger partial charge is 0.305 e. The fourth-order valence-electron chi connectivity index (χ4n) is 2.31. The number of unbranched alkanes of at least 4 members (excludes halogenated alkanes) is 3. The normalized spacial score (nSPS) is 11.3. The average Bonchev–Trinajstić information content (AvgIpc) is 2.72. The van der Waals surface area contributed by atoms with Crippen LogP contribution in [0.15, 0.2) is 0 Å². The lowest BCUT2D eigenvalue weighted by atomic mass is 10.2. The fourth-order valence-corrected chi connectivity index (χ4v) is 2.31. The van der Waals surface area contributed by atoms with Gasteiger partial charge in [0.1, 0.15) is 6.61 Å². The molecule has 0 rings (SSSR count).